The van der Waals surface area contributed by atoms with E-state index in [9.17, 15) is 4.79 Å². The maximum absolute atomic E-state index is 10.9. The number of amides is 1. The number of nitrogens with two attached hydrogens (primary N) is 1. The molecule has 0 unspecified atom stereocenters. The number of carbonyl (C=O) groups excluding carboxylic acids is 1. The number of nitrogens with zero attached hydrogens (tertiary/aromatic N) is 1. The molecular formula is C15H22ClN3O. The summed E-state index contributed by atoms with van der Waals surface area (Å²) in [4.78, 5) is 13.3. The average Bonchev–Trinajstić information content (AvgIpc) is 2.45. The van der Waals surface area contributed by atoms with E-state index in [1.54, 1.807) is 6.92 Å². The number of anilines is 1. The van der Waals surface area contributed by atoms with Crippen LogP contribution in [-0.4, -0.2) is 25.5 Å². The van der Waals surface area contributed by atoms with Gasteiger partial charge in [0.2, 0.25) is 5.91 Å². The average molecular weight is 296 g/mol. The summed E-state index contributed by atoms with van der Waals surface area (Å²) in [7, 11) is 0. The summed E-state index contributed by atoms with van der Waals surface area (Å²) in [5.41, 5.74) is 7.76. The molecule has 1 aliphatic heterocycles. The van der Waals surface area contributed by atoms with Crippen molar-refractivity contribution in [2.24, 2.45) is 11.7 Å². The van der Waals surface area contributed by atoms with Crippen LogP contribution in [0, 0.1) is 5.92 Å². The molecule has 1 heterocycles. The molecule has 4 nitrogen and oxygen atoms in total. The lowest BCUT2D eigenvalue weighted by atomic mass is 9.96. The molecule has 110 valence electrons. The Morgan fingerprint density at radius 1 is 1.45 bits per heavy atom. The van der Waals surface area contributed by atoms with Gasteiger partial charge in [-0.1, -0.05) is 17.7 Å². The van der Waals surface area contributed by atoms with E-state index in [1.807, 2.05) is 12.1 Å². The molecule has 1 amide bonds. The number of halogens is 1. The second-order valence-corrected chi connectivity index (χ2v) is 5.75. The molecule has 0 radical (unpaired) electrons. The zero-order chi connectivity index (χ0) is 14.5. The normalized spacial score (nSPS) is 16.2. The molecule has 1 aliphatic rings. The molecule has 0 saturated carbocycles. The summed E-state index contributed by atoms with van der Waals surface area (Å²) in [6.07, 6.45) is 2.19. The summed E-state index contributed by atoms with van der Waals surface area (Å²) in [6, 6.07) is 6.08. The fourth-order valence-electron chi connectivity index (χ4n) is 2.58. The van der Waals surface area contributed by atoms with Crippen molar-refractivity contribution in [3.63, 3.8) is 0 Å². The Hall–Kier alpha value is -1.26. The number of hydrogen-bond acceptors (Lipinski definition) is 3. The van der Waals surface area contributed by atoms with Gasteiger partial charge in [0.05, 0.1) is 0 Å². The summed E-state index contributed by atoms with van der Waals surface area (Å²) in [5, 5.41) is 3.64. The largest absolute Gasteiger partial charge is 0.371 e. The van der Waals surface area contributed by atoms with E-state index >= 15 is 0 Å². The fraction of sp³-hybridized carbons (Fsp3) is 0.533. The fourth-order valence-corrected chi connectivity index (χ4v) is 2.83. The molecule has 1 aromatic carbocycles. The van der Waals surface area contributed by atoms with Crippen molar-refractivity contribution in [3.05, 3.63) is 28.8 Å². The van der Waals surface area contributed by atoms with Gasteiger partial charge in [0.25, 0.3) is 0 Å². The maximum Gasteiger partial charge on any atom is 0.216 e. The molecule has 1 aromatic rings. The Morgan fingerprint density at radius 2 is 2.15 bits per heavy atom. The first kappa shape index (κ1) is 15.1. The Labute approximate surface area is 125 Å². The third-order valence-corrected chi connectivity index (χ3v) is 4.23. The minimum atomic E-state index is 0.0524. The van der Waals surface area contributed by atoms with Crippen LogP contribution in [0.5, 0.6) is 0 Å². The number of hydrogen-bond donors (Lipinski definition) is 2. The number of benzene rings is 1. The summed E-state index contributed by atoms with van der Waals surface area (Å²) < 4.78 is 0. The maximum atomic E-state index is 10.9. The molecule has 2 rings (SSSR count). The molecule has 0 bridgehead atoms. The van der Waals surface area contributed by atoms with Gasteiger partial charge in [0.15, 0.2) is 0 Å². The van der Waals surface area contributed by atoms with Crippen molar-refractivity contribution in [1.29, 1.82) is 0 Å². The SMILES string of the molecule is CC(=O)NCC1CCN(c2ccc(CN)c(Cl)c2)CC1. The van der Waals surface area contributed by atoms with Crippen molar-refractivity contribution < 1.29 is 4.79 Å². The molecule has 0 aromatic heterocycles. The van der Waals surface area contributed by atoms with Gasteiger partial charge in [-0.25, -0.2) is 0 Å². The minimum Gasteiger partial charge on any atom is -0.371 e. The molecule has 20 heavy (non-hydrogen) atoms. The highest BCUT2D eigenvalue weighted by atomic mass is 35.5. The van der Waals surface area contributed by atoms with Gasteiger partial charge in [0.1, 0.15) is 0 Å². The van der Waals surface area contributed by atoms with E-state index in [4.69, 9.17) is 17.3 Å². The van der Waals surface area contributed by atoms with Gasteiger partial charge in [-0.05, 0) is 36.5 Å². The first-order valence-electron chi connectivity index (χ1n) is 7.08. The van der Waals surface area contributed by atoms with Gasteiger partial charge in [0, 0.05) is 43.8 Å². The van der Waals surface area contributed by atoms with E-state index in [0.29, 0.717) is 12.5 Å². The Balaban J connectivity index is 1.90. The standard InChI is InChI=1S/C15H22ClN3O/c1-11(20)18-10-12-4-6-19(7-5-12)14-3-2-13(9-17)15(16)8-14/h2-3,8,12H,4-7,9-10,17H2,1H3,(H,18,20). The second kappa shape index (κ2) is 6.95. The first-order chi connectivity index (χ1) is 9.60. The number of nitrogens with one attached hydrogen (secondary N) is 1. The molecule has 3 N–H and O–H groups in total. The molecule has 0 atom stereocenters. The van der Waals surface area contributed by atoms with Gasteiger partial charge >= 0.3 is 0 Å². The molecule has 0 spiro atoms. The Bertz CT molecular complexity index is 470. The zero-order valence-electron chi connectivity index (χ0n) is 11.9. The predicted octanol–water partition coefficient (Wildman–Crippen LogP) is 2.15. The predicted molar refractivity (Wildman–Crippen MR) is 83.0 cm³/mol. The van der Waals surface area contributed by atoms with Gasteiger partial charge in [-0.2, -0.15) is 0 Å². The van der Waals surface area contributed by atoms with Gasteiger partial charge in [-0.15, -0.1) is 0 Å². The van der Waals surface area contributed by atoms with Crippen LogP contribution >= 0.6 is 11.6 Å². The highest BCUT2D eigenvalue weighted by Gasteiger charge is 2.19. The monoisotopic (exact) mass is 295 g/mol. The van der Waals surface area contributed by atoms with Crippen LogP contribution in [0.2, 0.25) is 5.02 Å². The number of piperidine rings is 1. The van der Waals surface area contributed by atoms with Gasteiger partial charge < -0.3 is 16.0 Å². The van der Waals surface area contributed by atoms with Crippen LogP contribution in [-0.2, 0) is 11.3 Å². The Morgan fingerprint density at radius 3 is 2.70 bits per heavy atom. The van der Waals surface area contributed by atoms with Crippen LogP contribution < -0.4 is 16.0 Å². The molecule has 1 fully saturated rings. The van der Waals surface area contributed by atoms with Crippen LogP contribution in [0.15, 0.2) is 18.2 Å². The highest BCUT2D eigenvalue weighted by Crippen LogP contribution is 2.27. The van der Waals surface area contributed by atoms with E-state index < -0.39 is 0 Å². The van der Waals surface area contributed by atoms with Crippen molar-refractivity contribution in [2.75, 3.05) is 24.5 Å². The van der Waals surface area contributed by atoms with Crippen LogP contribution in [0.4, 0.5) is 5.69 Å². The molecule has 5 heteroatoms. The number of rotatable bonds is 4. The highest BCUT2D eigenvalue weighted by molar-refractivity contribution is 6.31. The van der Waals surface area contributed by atoms with Crippen LogP contribution in [0.3, 0.4) is 0 Å². The lowest BCUT2D eigenvalue weighted by Gasteiger charge is -2.33. The molecule has 0 aliphatic carbocycles. The number of carbonyl (C=O) groups is 1. The van der Waals surface area contributed by atoms with E-state index in [0.717, 1.165) is 48.7 Å². The summed E-state index contributed by atoms with van der Waals surface area (Å²) >= 11 is 6.21. The van der Waals surface area contributed by atoms with Gasteiger partial charge in [-0.3, -0.25) is 4.79 Å². The molecular weight excluding hydrogens is 274 g/mol. The topological polar surface area (TPSA) is 58.4 Å². The second-order valence-electron chi connectivity index (χ2n) is 5.35. The smallest absolute Gasteiger partial charge is 0.216 e. The zero-order valence-corrected chi connectivity index (χ0v) is 12.6. The van der Waals surface area contributed by atoms with E-state index in [2.05, 4.69) is 16.3 Å². The van der Waals surface area contributed by atoms with Crippen molar-refractivity contribution >= 4 is 23.2 Å². The van der Waals surface area contributed by atoms with Crippen molar-refractivity contribution in [1.82, 2.24) is 5.32 Å². The quantitative estimate of drug-likeness (QED) is 0.895. The van der Waals surface area contributed by atoms with E-state index in [1.165, 1.54) is 0 Å². The Kier molecular flexibility index (Phi) is 5.26. The lowest BCUT2D eigenvalue weighted by Crippen LogP contribution is -2.38. The van der Waals surface area contributed by atoms with Crippen LogP contribution in [0.25, 0.3) is 0 Å². The van der Waals surface area contributed by atoms with Crippen molar-refractivity contribution in [3.8, 4) is 0 Å². The summed E-state index contributed by atoms with van der Waals surface area (Å²) in [6.45, 7) is 4.83. The third-order valence-electron chi connectivity index (χ3n) is 3.88. The molecule has 1 saturated heterocycles. The minimum absolute atomic E-state index is 0.0524. The summed E-state index contributed by atoms with van der Waals surface area (Å²) in [5.74, 6) is 0.630. The van der Waals surface area contributed by atoms with Crippen molar-refractivity contribution in [2.45, 2.75) is 26.3 Å². The first-order valence-corrected chi connectivity index (χ1v) is 7.46. The van der Waals surface area contributed by atoms with Crippen LogP contribution in [0.1, 0.15) is 25.3 Å². The third kappa shape index (κ3) is 3.87. The lowest BCUT2D eigenvalue weighted by molar-refractivity contribution is -0.119. The van der Waals surface area contributed by atoms with E-state index in [-0.39, 0.29) is 5.91 Å².